The Balaban J connectivity index is 0.000000221. The molecule has 2 aromatic heterocycles. The molecule has 8 heterocycles. The number of H-pyrrole nitrogens is 2. The number of likely N-dealkylation sites (tertiary alicyclic amines) is 3. The smallest absolute Gasteiger partial charge is 0.410 e. The van der Waals surface area contributed by atoms with E-state index in [1.165, 1.54) is 40.5 Å². The molecule has 7 aromatic carbocycles. The SMILES string of the molecule is CC(C)(C)OC(=O)N1CCC[C@H]1c1nc2ccc(-c3ccc4cc(C5=CN=C([C@@H]6CCCN6)C5)ccc4c3)cc2[nH]1.CC(C)(C)OC(=O)N1CCC[C@H]1c1nc2ccc(-c3ccc4cc(C5=CN=C([C@@H]6CCCN6C(=O)OCc6ccccc6)C5)ccc4c3)cc2[nH]1.S.S.S.S.[HH]. The fourth-order valence-corrected chi connectivity index (χ4v) is 13.9. The molecule has 4 atom stereocenters. The van der Waals surface area contributed by atoms with Crippen LogP contribution < -0.4 is 5.32 Å². The van der Waals surface area contributed by atoms with Crippen molar-refractivity contribution in [1.82, 2.24) is 40.0 Å². The van der Waals surface area contributed by atoms with Crippen LogP contribution in [0.1, 0.15) is 148 Å². The first-order valence-corrected chi connectivity index (χ1v) is 32.8. The van der Waals surface area contributed by atoms with Gasteiger partial charge >= 0.3 is 18.3 Å². The molecule has 9 aromatic rings. The van der Waals surface area contributed by atoms with Crippen LogP contribution >= 0.6 is 54.0 Å². The molecule has 4 fully saturated rings. The molecule has 6 aliphatic rings. The Morgan fingerprint density at radius 2 is 0.896 bits per heavy atom. The number of rotatable bonds is 10. The summed E-state index contributed by atoms with van der Waals surface area (Å²) in [7, 11) is 0. The number of carbonyl (C=O) groups excluding carboxylic acids is 3. The van der Waals surface area contributed by atoms with Gasteiger partial charge in [0.05, 0.1) is 40.2 Å². The summed E-state index contributed by atoms with van der Waals surface area (Å²) in [5, 5.41) is 8.33. The lowest BCUT2D eigenvalue weighted by atomic mass is 9.95. The van der Waals surface area contributed by atoms with E-state index in [2.05, 4.69) is 125 Å². The number of ether oxygens (including phenoxy) is 3. The Labute approximate surface area is 591 Å². The number of fused-ring (bicyclic) bond motifs is 4. The first kappa shape index (κ1) is 70.8. The summed E-state index contributed by atoms with van der Waals surface area (Å²) >= 11 is 0. The number of hydrogen-bond acceptors (Lipinski definition) is 11. The van der Waals surface area contributed by atoms with Crippen molar-refractivity contribution in [2.24, 2.45) is 9.98 Å². The quantitative estimate of drug-likeness (QED) is 0.112. The van der Waals surface area contributed by atoms with E-state index in [0.29, 0.717) is 25.7 Å². The maximum atomic E-state index is 13.0. The zero-order valence-corrected chi connectivity index (χ0v) is 59.4. The van der Waals surface area contributed by atoms with Crippen LogP contribution in [0.3, 0.4) is 0 Å². The van der Waals surface area contributed by atoms with Crippen molar-refractivity contribution < 1.29 is 30.0 Å². The second kappa shape index (κ2) is 29.8. The van der Waals surface area contributed by atoms with Gasteiger partial charge in [0.15, 0.2) is 0 Å². The number of amides is 3. The molecule has 3 N–H and O–H groups in total. The third-order valence-corrected chi connectivity index (χ3v) is 18.5. The number of imidazole rings is 2. The van der Waals surface area contributed by atoms with E-state index >= 15 is 0 Å². The van der Waals surface area contributed by atoms with E-state index in [1.807, 2.05) is 93.9 Å². The average Bonchev–Trinajstić information content (AvgIpc) is 1.73. The maximum Gasteiger partial charge on any atom is 0.410 e. The first-order chi connectivity index (χ1) is 44.5. The Kier molecular flexibility index (Phi) is 22.0. The first-order valence-electron chi connectivity index (χ1n) is 32.8. The van der Waals surface area contributed by atoms with E-state index in [1.54, 1.807) is 4.90 Å². The molecule has 0 bridgehead atoms. The van der Waals surface area contributed by atoms with Crippen molar-refractivity contribution in [3.05, 3.63) is 180 Å². The van der Waals surface area contributed by atoms with Gasteiger partial charge in [-0.15, -0.1) is 0 Å². The topological polar surface area (TPSA) is 183 Å². The predicted octanol–water partition coefficient (Wildman–Crippen LogP) is 17.5. The van der Waals surface area contributed by atoms with E-state index in [0.717, 1.165) is 147 Å². The molecule has 0 saturated carbocycles. The van der Waals surface area contributed by atoms with Gasteiger partial charge < -0.3 is 29.5 Å². The van der Waals surface area contributed by atoms with Crippen molar-refractivity contribution in [1.29, 1.82) is 0 Å². The second-order valence-corrected chi connectivity index (χ2v) is 27.4. The number of nitrogens with one attached hydrogen (secondary N) is 3. The van der Waals surface area contributed by atoms with E-state index in [4.69, 9.17) is 34.2 Å². The summed E-state index contributed by atoms with van der Waals surface area (Å²) in [6.45, 7) is 14.8. The summed E-state index contributed by atoms with van der Waals surface area (Å²) in [4.78, 5) is 70.5. The van der Waals surface area contributed by atoms with Crippen molar-refractivity contribution in [3.63, 3.8) is 0 Å². The van der Waals surface area contributed by atoms with Crippen LogP contribution in [0.2, 0.25) is 0 Å². The number of hydrogen-bond donors (Lipinski definition) is 3. The van der Waals surface area contributed by atoms with Crippen LogP contribution in [-0.2, 0) is 20.8 Å². The van der Waals surface area contributed by atoms with E-state index in [-0.39, 0.29) is 98.4 Å². The molecule has 504 valence electrons. The molecular weight excluding hydrogens is 1280 g/mol. The number of carbonyl (C=O) groups is 3. The Morgan fingerprint density at radius 3 is 1.36 bits per heavy atom. The van der Waals surface area contributed by atoms with Gasteiger partial charge in [-0.25, -0.2) is 24.4 Å². The Bertz CT molecular complexity index is 4480. The molecule has 3 amide bonds. The molecule has 16 nitrogen and oxygen atoms in total. The van der Waals surface area contributed by atoms with Gasteiger partial charge in [0.25, 0.3) is 0 Å². The summed E-state index contributed by atoms with van der Waals surface area (Å²) in [5.41, 5.74) is 15.3. The van der Waals surface area contributed by atoms with Gasteiger partial charge in [0.2, 0.25) is 0 Å². The number of aliphatic imine (C=N–C) groups is 2. The van der Waals surface area contributed by atoms with Crippen LogP contribution in [0.15, 0.2) is 162 Å². The van der Waals surface area contributed by atoms with Crippen molar-refractivity contribution in [3.8, 4) is 22.3 Å². The van der Waals surface area contributed by atoms with Crippen LogP contribution in [-0.4, -0.2) is 114 Å². The molecule has 4 saturated heterocycles. The predicted molar refractivity (Wildman–Crippen MR) is 409 cm³/mol. The third-order valence-electron chi connectivity index (χ3n) is 18.5. The molecule has 0 unspecified atom stereocenters. The lowest BCUT2D eigenvalue weighted by molar-refractivity contribution is 0.0208. The van der Waals surface area contributed by atoms with Gasteiger partial charge in [0.1, 0.15) is 29.5 Å². The molecule has 0 radical (unpaired) electrons. The monoisotopic (exact) mass is 1370 g/mol. The second-order valence-electron chi connectivity index (χ2n) is 27.4. The van der Waals surface area contributed by atoms with Gasteiger partial charge in [0, 0.05) is 63.8 Å². The minimum atomic E-state index is -0.542. The van der Waals surface area contributed by atoms with Crippen molar-refractivity contribution in [2.45, 2.75) is 148 Å². The Morgan fingerprint density at radius 1 is 0.479 bits per heavy atom. The standard InChI is InChI=1S/C42H43N5O4.C34H37N5O2.4H2S.H2/c1-42(2,3)51-41(49)47-20-8-12-38(47)39-44-34-18-17-32(23-35(34)45-39)30-14-13-29-22-31(16-15-28(29)21-30)33-24-36(43-25-33)37-11-7-19-46(37)40(48)50-26-27-9-5-4-6-10-27;1-34(2,3)41-33(40)39-15-5-7-31(39)32-37-28-13-12-25(18-30(28)38-32)23-9-8-22-17-24(11-10-21(22)16-23)26-19-29(36-20-26)27-6-4-14-35-27;;;;;/h4-6,9-10,13-18,21-23,25,37-38H,7-8,11-12,19-20,24,26H2,1-3H3,(H,44,45);8-13,16-18,20,27,31,35H,4-7,14-15,19H2,1-3H3,(H,37,38);4*1H2;1H/t37-,38-;27-,31-;;;;;/m00...../s1. The van der Waals surface area contributed by atoms with Gasteiger partial charge in [-0.1, -0.05) is 91.0 Å². The highest BCUT2D eigenvalue weighted by atomic mass is 32.1. The maximum absolute atomic E-state index is 13.0. The van der Waals surface area contributed by atoms with Crippen LogP contribution in [0.25, 0.3) is 77.0 Å². The highest BCUT2D eigenvalue weighted by Gasteiger charge is 2.38. The number of nitrogens with zero attached hydrogens (tertiary/aromatic N) is 7. The summed E-state index contributed by atoms with van der Waals surface area (Å²) in [5.74, 6) is 1.62. The zero-order chi connectivity index (χ0) is 63.3. The number of aromatic nitrogens is 4. The van der Waals surface area contributed by atoms with E-state index in [9.17, 15) is 14.4 Å². The minimum absolute atomic E-state index is 0. The van der Waals surface area contributed by atoms with Gasteiger partial charge in [-0.05, 0) is 220 Å². The Hall–Kier alpha value is -8.01. The molecule has 20 heteroatoms. The van der Waals surface area contributed by atoms with Crippen LogP contribution in [0.5, 0.6) is 0 Å². The summed E-state index contributed by atoms with van der Waals surface area (Å²) in [6.07, 6.45) is 12.7. The highest BCUT2D eigenvalue weighted by molar-refractivity contribution is 7.59. The van der Waals surface area contributed by atoms with E-state index < -0.39 is 11.2 Å². The number of allylic oxidation sites excluding steroid dienone is 2. The minimum Gasteiger partial charge on any atom is -0.445 e. The summed E-state index contributed by atoms with van der Waals surface area (Å²) < 4.78 is 17.0. The fourth-order valence-electron chi connectivity index (χ4n) is 13.9. The molecular formula is C76H90N10O6S4. The third kappa shape index (κ3) is 15.5. The zero-order valence-electron chi connectivity index (χ0n) is 55.4. The normalized spacial score (nSPS) is 19.2. The molecule has 0 aliphatic carbocycles. The molecule has 96 heavy (non-hydrogen) atoms. The van der Waals surface area contributed by atoms with Crippen LogP contribution in [0, 0.1) is 0 Å². The number of benzene rings is 7. The largest absolute Gasteiger partial charge is 0.445 e. The lowest BCUT2D eigenvalue weighted by Gasteiger charge is -2.27. The molecule has 6 aliphatic heterocycles. The van der Waals surface area contributed by atoms with Crippen molar-refractivity contribution in [2.75, 3.05) is 26.2 Å². The van der Waals surface area contributed by atoms with Gasteiger partial charge in [-0.2, -0.15) is 54.0 Å². The van der Waals surface area contributed by atoms with Crippen molar-refractivity contribution >= 4 is 138 Å². The lowest BCUT2D eigenvalue weighted by Crippen LogP contribution is -2.40. The number of aromatic amines is 2. The average molecular weight is 1370 g/mol. The van der Waals surface area contributed by atoms with Crippen LogP contribution in [0.4, 0.5) is 14.4 Å². The fraction of sp³-hybridized carbons (Fsp3) is 0.355. The molecule has 0 spiro atoms. The molecule has 15 rings (SSSR count). The van der Waals surface area contributed by atoms with Gasteiger partial charge in [-0.3, -0.25) is 24.7 Å². The highest BCUT2D eigenvalue weighted by Crippen LogP contribution is 2.39. The summed E-state index contributed by atoms with van der Waals surface area (Å²) in [6, 6.07) is 49.1.